The van der Waals surface area contributed by atoms with Gasteiger partial charge in [0.05, 0.1) is 16.8 Å². The first kappa shape index (κ1) is 21.7. The molecule has 0 bridgehead atoms. The highest BCUT2D eigenvalue weighted by atomic mass is 32.2. The zero-order chi connectivity index (χ0) is 22.4. The van der Waals surface area contributed by atoms with E-state index < -0.39 is 10.0 Å². The zero-order valence-corrected chi connectivity index (χ0v) is 18.3. The van der Waals surface area contributed by atoms with Crippen molar-refractivity contribution < 1.29 is 13.2 Å². The number of rotatable bonds is 9. The minimum Gasteiger partial charge on any atom is -0.356 e. The van der Waals surface area contributed by atoms with Crippen LogP contribution in [0, 0.1) is 0 Å². The third kappa shape index (κ3) is 5.40. The van der Waals surface area contributed by atoms with Crippen molar-refractivity contribution >= 4 is 26.7 Å². The topological polar surface area (TPSA) is 93.1 Å². The van der Waals surface area contributed by atoms with Crippen LogP contribution in [0.2, 0.25) is 0 Å². The molecule has 164 valence electrons. The molecule has 1 heterocycles. The van der Waals surface area contributed by atoms with Crippen LogP contribution in [0.4, 0.5) is 0 Å². The molecule has 7 nitrogen and oxygen atoms in total. The molecule has 0 aliphatic carbocycles. The Bertz CT molecular complexity index is 1320. The number of benzene rings is 3. The van der Waals surface area contributed by atoms with Crippen molar-refractivity contribution in [1.82, 2.24) is 19.8 Å². The third-order valence-electron chi connectivity index (χ3n) is 5.07. The van der Waals surface area contributed by atoms with Crippen LogP contribution in [0.1, 0.15) is 12.0 Å². The fraction of sp³-hybridized carbons (Fsp3) is 0.167. The van der Waals surface area contributed by atoms with E-state index in [1.54, 1.807) is 29.1 Å². The van der Waals surface area contributed by atoms with Crippen LogP contribution in [-0.2, 0) is 21.2 Å². The first-order chi connectivity index (χ1) is 15.5. The van der Waals surface area contributed by atoms with E-state index in [0.29, 0.717) is 13.0 Å². The molecule has 0 atom stereocenters. The van der Waals surface area contributed by atoms with Gasteiger partial charge in [0.2, 0.25) is 15.9 Å². The van der Waals surface area contributed by atoms with Crippen molar-refractivity contribution in [1.29, 1.82) is 0 Å². The van der Waals surface area contributed by atoms with Crippen LogP contribution in [-0.4, -0.2) is 37.2 Å². The van der Waals surface area contributed by atoms with Gasteiger partial charge in [-0.15, -0.1) is 0 Å². The highest BCUT2D eigenvalue weighted by Crippen LogP contribution is 2.18. The summed E-state index contributed by atoms with van der Waals surface area (Å²) in [6.45, 7) is 0.490. The third-order valence-corrected chi connectivity index (χ3v) is 6.53. The van der Waals surface area contributed by atoms with E-state index in [4.69, 9.17) is 0 Å². The molecule has 0 saturated carbocycles. The van der Waals surface area contributed by atoms with E-state index >= 15 is 0 Å². The maximum atomic E-state index is 12.5. The summed E-state index contributed by atoms with van der Waals surface area (Å²) in [4.78, 5) is 12.3. The van der Waals surface area contributed by atoms with Gasteiger partial charge in [0.1, 0.15) is 0 Å². The smallest absolute Gasteiger partial charge is 0.240 e. The van der Waals surface area contributed by atoms with Crippen LogP contribution in [0.25, 0.3) is 16.5 Å². The summed E-state index contributed by atoms with van der Waals surface area (Å²) in [6.07, 6.45) is 4.41. The number of sulfonamides is 1. The number of aromatic nitrogens is 2. The molecule has 0 aliphatic heterocycles. The Morgan fingerprint density at radius 1 is 0.906 bits per heavy atom. The summed E-state index contributed by atoms with van der Waals surface area (Å²) in [5.74, 6) is -0.207. The van der Waals surface area contributed by atoms with Gasteiger partial charge in [-0.25, -0.2) is 17.8 Å². The van der Waals surface area contributed by atoms with E-state index in [-0.39, 0.29) is 23.8 Å². The van der Waals surface area contributed by atoms with Gasteiger partial charge in [-0.2, -0.15) is 5.10 Å². The normalized spacial score (nSPS) is 11.5. The second kappa shape index (κ2) is 9.76. The van der Waals surface area contributed by atoms with Gasteiger partial charge in [-0.05, 0) is 47.0 Å². The van der Waals surface area contributed by atoms with Crippen molar-refractivity contribution in [3.63, 3.8) is 0 Å². The second-order valence-electron chi connectivity index (χ2n) is 7.39. The van der Waals surface area contributed by atoms with E-state index in [1.807, 2.05) is 60.8 Å². The Hall–Kier alpha value is -3.49. The summed E-state index contributed by atoms with van der Waals surface area (Å²) in [6, 6.07) is 22.3. The van der Waals surface area contributed by atoms with Gasteiger partial charge < -0.3 is 5.32 Å². The van der Waals surface area contributed by atoms with Crippen LogP contribution in [0.5, 0.6) is 0 Å². The maximum absolute atomic E-state index is 12.5. The molecule has 0 saturated heterocycles. The molecule has 4 rings (SSSR count). The molecule has 1 amide bonds. The number of carbonyl (C=O) groups excluding carboxylic acids is 1. The summed E-state index contributed by atoms with van der Waals surface area (Å²) in [5, 5.41) is 8.98. The molecule has 8 heteroatoms. The SMILES string of the molecule is O=C(CCNS(=O)(=O)c1ccc2ccccc2c1)NCCc1cnn(-c2ccccc2)c1. The van der Waals surface area contributed by atoms with Crippen molar-refractivity contribution in [2.24, 2.45) is 0 Å². The number of amides is 1. The number of fused-ring (bicyclic) bond motifs is 1. The van der Waals surface area contributed by atoms with Crippen molar-refractivity contribution in [3.8, 4) is 5.69 Å². The van der Waals surface area contributed by atoms with Gasteiger partial charge in [0.25, 0.3) is 0 Å². The Balaban J connectivity index is 1.22. The average Bonchev–Trinajstić information content (AvgIpc) is 3.28. The maximum Gasteiger partial charge on any atom is 0.240 e. The number of hydrogen-bond donors (Lipinski definition) is 2. The highest BCUT2D eigenvalue weighted by Gasteiger charge is 2.14. The number of carbonyl (C=O) groups is 1. The lowest BCUT2D eigenvalue weighted by Gasteiger charge is -2.08. The molecule has 0 fully saturated rings. The number of para-hydroxylation sites is 1. The van der Waals surface area contributed by atoms with Gasteiger partial charge in [-0.1, -0.05) is 48.5 Å². The Kier molecular flexibility index (Phi) is 6.63. The summed E-state index contributed by atoms with van der Waals surface area (Å²) >= 11 is 0. The Morgan fingerprint density at radius 3 is 2.47 bits per heavy atom. The molecule has 2 N–H and O–H groups in total. The molecule has 0 spiro atoms. The van der Waals surface area contributed by atoms with E-state index in [1.165, 1.54) is 0 Å². The molecule has 1 aromatic heterocycles. The quantitative estimate of drug-likeness (QED) is 0.412. The minimum atomic E-state index is -3.68. The highest BCUT2D eigenvalue weighted by molar-refractivity contribution is 7.89. The average molecular weight is 449 g/mol. The van der Waals surface area contributed by atoms with Crippen molar-refractivity contribution in [3.05, 3.63) is 90.8 Å². The molecule has 32 heavy (non-hydrogen) atoms. The number of nitrogens with zero attached hydrogens (tertiary/aromatic N) is 2. The predicted octanol–water partition coefficient (Wildman–Crippen LogP) is 3.05. The van der Waals surface area contributed by atoms with E-state index in [2.05, 4.69) is 15.1 Å². The first-order valence-electron chi connectivity index (χ1n) is 10.4. The molecule has 0 radical (unpaired) electrons. The van der Waals surface area contributed by atoms with Gasteiger partial charge in [0.15, 0.2) is 0 Å². The van der Waals surface area contributed by atoms with E-state index in [0.717, 1.165) is 22.0 Å². The Morgan fingerprint density at radius 2 is 1.66 bits per heavy atom. The lowest BCUT2D eigenvalue weighted by atomic mass is 10.1. The summed E-state index contributed by atoms with van der Waals surface area (Å²) < 4.78 is 29.3. The predicted molar refractivity (Wildman–Crippen MR) is 124 cm³/mol. The van der Waals surface area contributed by atoms with Crippen molar-refractivity contribution in [2.75, 3.05) is 13.1 Å². The summed E-state index contributed by atoms with van der Waals surface area (Å²) in [5.41, 5.74) is 1.98. The fourth-order valence-electron chi connectivity index (χ4n) is 3.36. The molecular weight excluding hydrogens is 424 g/mol. The number of hydrogen-bond acceptors (Lipinski definition) is 4. The largest absolute Gasteiger partial charge is 0.356 e. The molecule has 0 unspecified atom stereocenters. The molecule has 0 aliphatic rings. The zero-order valence-electron chi connectivity index (χ0n) is 17.4. The Labute approximate surface area is 187 Å². The lowest BCUT2D eigenvalue weighted by molar-refractivity contribution is -0.120. The fourth-order valence-corrected chi connectivity index (χ4v) is 4.43. The lowest BCUT2D eigenvalue weighted by Crippen LogP contribution is -2.31. The monoisotopic (exact) mass is 448 g/mol. The molecule has 3 aromatic carbocycles. The van der Waals surface area contributed by atoms with Gasteiger partial charge in [-0.3, -0.25) is 4.79 Å². The summed E-state index contributed by atoms with van der Waals surface area (Å²) in [7, 11) is -3.68. The first-order valence-corrected chi connectivity index (χ1v) is 11.8. The number of nitrogens with one attached hydrogen (secondary N) is 2. The van der Waals surface area contributed by atoms with Gasteiger partial charge >= 0.3 is 0 Å². The minimum absolute atomic E-state index is 0.0347. The molecular formula is C24H24N4O3S. The standard InChI is InChI=1S/C24H24N4O3S/c29-24(25-14-12-19-17-26-28(18-19)22-8-2-1-3-9-22)13-15-27-32(30,31)23-11-10-20-6-4-5-7-21(20)16-23/h1-11,16-18,27H,12-15H2,(H,25,29). The van der Waals surface area contributed by atoms with Crippen molar-refractivity contribution in [2.45, 2.75) is 17.7 Å². The van der Waals surface area contributed by atoms with Crippen LogP contribution < -0.4 is 10.0 Å². The van der Waals surface area contributed by atoms with Crippen LogP contribution in [0.15, 0.2) is 90.1 Å². The van der Waals surface area contributed by atoms with Crippen LogP contribution in [0.3, 0.4) is 0 Å². The second-order valence-corrected chi connectivity index (χ2v) is 9.15. The van der Waals surface area contributed by atoms with E-state index in [9.17, 15) is 13.2 Å². The van der Waals surface area contributed by atoms with Crippen LogP contribution >= 0.6 is 0 Å². The molecule has 4 aromatic rings. The van der Waals surface area contributed by atoms with Gasteiger partial charge in [0, 0.05) is 25.7 Å².